The van der Waals surface area contributed by atoms with Crippen molar-refractivity contribution in [2.45, 2.75) is 32.1 Å². The molecule has 102 valence electrons. The van der Waals surface area contributed by atoms with E-state index in [1.807, 2.05) is 13.8 Å². The number of anilines is 1. The van der Waals surface area contributed by atoms with Crippen LogP contribution in [0.25, 0.3) is 0 Å². The number of hydrogen-bond acceptors (Lipinski definition) is 3. The van der Waals surface area contributed by atoms with Crippen LogP contribution in [-0.2, 0) is 0 Å². The van der Waals surface area contributed by atoms with Crippen LogP contribution in [0.4, 0.5) is 23.4 Å². The van der Waals surface area contributed by atoms with Crippen LogP contribution in [0.1, 0.15) is 25.6 Å². The minimum Gasteiger partial charge on any atom is -0.364 e. The summed E-state index contributed by atoms with van der Waals surface area (Å²) in [4.78, 5) is 8.01. The molecular formula is C10H12BrF4N3. The Hall–Kier alpha value is -0.920. The number of halogens is 5. The molecule has 0 aliphatic heterocycles. The first-order valence-electron chi connectivity index (χ1n) is 5.16. The van der Waals surface area contributed by atoms with Gasteiger partial charge in [0.25, 0.3) is 0 Å². The molecule has 0 amide bonds. The van der Waals surface area contributed by atoms with E-state index in [2.05, 4.69) is 31.2 Å². The Balaban J connectivity index is 2.79. The molecule has 0 saturated carbocycles. The quantitative estimate of drug-likeness (QED) is 0.661. The minimum atomic E-state index is -4.09. The van der Waals surface area contributed by atoms with Gasteiger partial charge in [0.1, 0.15) is 16.2 Å². The molecular weight excluding hydrogens is 318 g/mol. The van der Waals surface area contributed by atoms with Gasteiger partial charge in [-0.2, -0.15) is 8.78 Å². The lowest BCUT2D eigenvalue weighted by molar-refractivity contribution is -0.117. The van der Waals surface area contributed by atoms with Gasteiger partial charge in [-0.15, -0.1) is 0 Å². The van der Waals surface area contributed by atoms with Crippen molar-refractivity contribution in [3.8, 4) is 0 Å². The van der Waals surface area contributed by atoms with Crippen LogP contribution < -0.4 is 5.32 Å². The summed E-state index contributed by atoms with van der Waals surface area (Å²) in [6.07, 6.45) is -3.71. The van der Waals surface area contributed by atoms with Gasteiger partial charge in [-0.1, -0.05) is 13.8 Å². The van der Waals surface area contributed by atoms with Crippen LogP contribution >= 0.6 is 15.9 Å². The normalized spacial score (nSPS) is 12.3. The lowest BCUT2D eigenvalue weighted by Crippen LogP contribution is -2.35. The van der Waals surface area contributed by atoms with Crippen molar-refractivity contribution < 1.29 is 17.6 Å². The molecule has 0 saturated heterocycles. The molecule has 1 aromatic rings. The summed E-state index contributed by atoms with van der Waals surface area (Å²) in [5.74, 6) is -3.57. The van der Waals surface area contributed by atoms with E-state index in [1.54, 1.807) is 0 Å². The fourth-order valence-electron chi connectivity index (χ4n) is 1.07. The highest BCUT2D eigenvalue weighted by molar-refractivity contribution is 9.10. The first-order valence-corrected chi connectivity index (χ1v) is 5.96. The molecule has 0 aliphatic rings. The first kappa shape index (κ1) is 15.1. The first-order chi connectivity index (χ1) is 8.22. The lowest BCUT2D eigenvalue weighted by atomic mass is 10.2. The average molecular weight is 330 g/mol. The molecule has 0 atom stereocenters. The number of hydrogen-bond donors (Lipinski definition) is 1. The Morgan fingerprint density at radius 3 is 2.44 bits per heavy atom. The number of rotatable bonds is 5. The van der Waals surface area contributed by atoms with E-state index in [1.165, 1.54) is 6.07 Å². The summed E-state index contributed by atoms with van der Waals surface area (Å²) in [7, 11) is 0. The Morgan fingerprint density at radius 2 is 1.94 bits per heavy atom. The lowest BCUT2D eigenvalue weighted by Gasteiger charge is -2.16. The molecule has 8 heteroatoms. The van der Waals surface area contributed by atoms with Crippen LogP contribution in [0.15, 0.2) is 10.7 Å². The molecule has 1 N–H and O–H groups in total. The standard InChI is InChI=1S/C10H12BrF4N3/c1-5(2)8-17-6(11)3-7(18-8)16-4-10(14,15)9(12)13/h3,5,9H,4H2,1-2H3,(H,16,17,18). The largest absolute Gasteiger partial charge is 0.364 e. The summed E-state index contributed by atoms with van der Waals surface area (Å²) in [6.45, 7) is 2.49. The summed E-state index contributed by atoms with van der Waals surface area (Å²) >= 11 is 3.10. The molecule has 3 nitrogen and oxygen atoms in total. The zero-order chi connectivity index (χ0) is 13.9. The smallest absolute Gasteiger partial charge is 0.324 e. The highest BCUT2D eigenvalue weighted by atomic mass is 79.9. The van der Waals surface area contributed by atoms with E-state index in [4.69, 9.17) is 0 Å². The molecule has 0 bridgehead atoms. The summed E-state index contributed by atoms with van der Waals surface area (Å²) in [5.41, 5.74) is 0. The summed E-state index contributed by atoms with van der Waals surface area (Å²) in [5, 5.41) is 2.19. The second-order valence-electron chi connectivity index (χ2n) is 4.00. The zero-order valence-corrected chi connectivity index (χ0v) is 11.3. The van der Waals surface area contributed by atoms with Gasteiger partial charge in [0, 0.05) is 12.0 Å². The minimum absolute atomic E-state index is 0.00124. The van der Waals surface area contributed by atoms with Gasteiger partial charge in [0.05, 0.1) is 6.54 Å². The Labute approximate surface area is 110 Å². The summed E-state index contributed by atoms with van der Waals surface area (Å²) in [6, 6.07) is 1.35. The predicted molar refractivity (Wildman–Crippen MR) is 63.3 cm³/mol. The van der Waals surface area contributed by atoms with E-state index < -0.39 is 18.9 Å². The van der Waals surface area contributed by atoms with Crippen molar-refractivity contribution in [1.82, 2.24) is 9.97 Å². The van der Waals surface area contributed by atoms with Crippen LogP contribution in [-0.4, -0.2) is 28.9 Å². The van der Waals surface area contributed by atoms with Crippen molar-refractivity contribution in [2.24, 2.45) is 0 Å². The second-order valence-corrected chi connectivity index (χ2v) is 4.82. The van der Waals surface area contributed by atoms with Crippen molar-refractivity contribution in [2.75, 3.05) is 11.9 Å². The van der Waals surface area contributed by atoms with E-state index >= 15 is 0 Å². The van der Waals surface area contributed by atoms with E-state index in [-0.39, 0.29) is 11.7 Å². The van der Waals surface area contributed by atoms with E-state index in [9.17, 15) is 17.6 Å². The molecule has 1 aromatic heterocycles. The van der Waals surface area contributed by atoms with Crippen molar-refractivity contribution in [3.63, 3.8) is 0 Å². The van der Waals surface area contributed by atoms with Gasteiger partial charge in [0.15, 0.2) is 0 Å². The topological polar surface area (TPSA) is 37.8 Å². The van der Waals surface area contributed by atoms with E-state index in [0.717, 1.165) is 0 Å². The maximum absolute atomic E-state index is 12.7. The molecule has 0 spiro atoms. The van der Waals surface area contributed by atoms with Crippen molar-refractivity contribution in [3.05, 3.63) is 16.5 Å². The maximum Gasteiger partial charge on any atom is 0.324 e. The molecule has 0 fully saturated rings. The highest BCUT2D eigenvalue weighted by Crippen LogP contribution is 2.24. The van der Waals surface area contributed by atoms with E-state index in [0.29, 0.717) is 10.4 Å². The van der Waals surface area contributed by atoms with Gasteiger partial charge in [-0.05, 0) is 15.9 Å². The van der Waals surface area contributed by atoms with Crippen molar-refractivity contribution in [1.29, 1.82) is 0 Å². The average Bonchev–Trinajstić information content (AvgIpc) is 2.25. The molecule has 0 unspecified atom stereocenters. The predicted octanol–water partition coefficient (Wildman–Crippen LogP) is 3.67. The SMILES string of the molecule is CC(C)c1nc(Br)cc(NCC(F)(F)C(F)F)n1. The second kappa shape index (κ2) is 5.81. The number of nitrogens with zero attached hydrogens (tertiary/aromatic N) is 2. The number of aromatic nitrogens is 2. The molecule has 0 radical (unpaired) electrons. The van der Waals surface area contributed by atoms with Gasteiger partial charge in [0.2, 0.25) is 0 Å². The van der Waals surface area contributed by atoms with Gasteiger partial charge in [-0.25, -0.2) is 18.7 Å². The van der Waals surface area contributed by atoms with Gasteiger partial charge < -0.3 is 5.32 Å². The van der Waals surface area contributed by atoms with Gasteiger partial charge in [-0.3, -0.25) is 0 Å². The maximum atomic E-state index is 12.7. The molecule has 0 aromatic carbocycles. The Morgan fingerprint density at radius 1 is 1.33 bits per heavy atom. The third-order valence-electron chi connectivity index (χ3n) is 2.05. The molecule has 1 rings (SSSR count). The van der Waals surface area contributed by atoms with Crippen LogP contribution in [0.3, 0.4) is 0 Å². The molecule has 18 heavy (non-hydrogen) atoms. The van der Waals surface area contributed by atoms with Crippen LogP contribution in [0.2, 0.25) is 0 Å². The summed E-state index contributed by atoms with van der Waals surface area (Å²) < 4.78 is 49.8. The molecule has 0 aliphatic carbocycles. The number of alkyl halides is 4. The van der Waals surface area contributed by atoms with Crippen LogP contribution in [0, 0.1) is 0 Å². The fraction of sp³-hybridized carbons (Fsp3) is 0.600. The highest BCUT2D eigenvalue weighted by Gasteiger charge is 2.40. The monoisotopic (exact) mass is 329 g/mol. The Kier molecular flexibility index (Phi) is 4.89. The number of nitrogens with one attached hydrogen (secondary N) is 1. The Bertz CT molecular complexity index is 412. The molecule has 1 heterocycles. The third kappa shape index (κ3) is 4.08. The zero-order valence-electron chi connectivity index (χ0n) is 9.72. The fourth-order valence-corrected chi connectivity index (χ4v) is 1.47. The van der Waals surface area contributed by atoms with Crippen molar-refractivity contribution >= 4 is 21.7 Å². The van der Waals surface area contributed by atoms with Crippen LogP contribution in [0.5, 0.6) is 0 Å². The van der Waals surface area contributed by atoms with Gasteiger partial charge >= 0.3 is 12.3 Å². The third-order valence-corrected chi connectivity index (χ3v) is 2.46.